The monoisotopic (exact) mass is 332 g/mol. The third-order valence-electron chi connectivity index (χ3n) is 1.20. The molecule has 0 bridgehead atoms. The lowest BCUT2D eigenvalue weighted by Gasteiger charge is -2.05. The summed E-state index contributed by atoms with van der Waals surface area (Å²) in [6.45, 7) is 0.886. The van der Waals surface area contributed by atoms with Gasteiger partial charge in [0.1, 0.15) is 6.61 Å². The van der Waals surface area contributed by atoms with Crippen molar-refractivity contribution in [3.05, 3.63) is 23.7 Å². The van der Waals surface area contributed by atoms with Crippen molar-refractivity contribution in [1.29, 1.82) is 0 Å². The van der Waals surface area contributed by atoms with Crippen molar-refractivity contribution in [2.24, 2.45) is 11.5 Å². The minimum absolute atomic E-state index is 0.0676. The number of hydrogen-bond donors (Lipinski definition) is 3. The van der Waals surface area contributed by atoms with E-state index in [1.54, 1.807) is 6.08 Å². The lowest BCUT2D eigenvalue weighted by Crippen LogP contribution is -2.08. The molecule has 0 rings (SSSR count). The van der Waals surface area contributed by atoms with Crippen LogP contribution in [0.25, 0.3) is 0 Å². The molecule has 7 heteroatoms. The molecule has 0 aliphatic heterocycles. The van der Waals surface area contributed by atoms with Crippen LogP contribution in [0.1, 0.15) is 0 Å². The van der Waals surface area contributed by atoms with E-state index in [4.69, 9.17) is 25.8 Å². The Labute approximate surface area is 97.9 Å². The topological polar surface area (TPSA) is 90.7 Å². The molecular formula is C7H14IN2O3P. The van der Waals surface area contributed by atoms with Crippen molar-refractivity contribution < 1.29 is 14.4 Å². The normalized spacial score (nSPS) is 13.9. The quantitative estimate of drug-likeness (QED) is 0.275. The summed E-state index contributed by atoms with van der Waals surface area (Å²) in [7, 11) is 0. The molecule has 0 aromatic carbocycles. The number of nitrogens with two attached hydrogens (primary N) is 2. The third kappa shape index (κ3) is 7.37. The van der Waals surface area contributed by atoms with Gasteiger partial charge >= 0.3 is 0 Å². The summed E-state index contributed by atoms with van der Waals surface area (Å²) >= 11 is 2.11. The van der Waals surface area contributed by atoms with Gasteiger partial charge in [-0.1, -0.05) is 0 Å². The number of hydrogen-bond acceptors (Lipinski definition) is 5. The second-order valence-electron chi connectivity index (χ2n) is 2.23. The van der Waals surface area contributed by atoms with E-state index >= 15 is 0 Å². The van der Waals surface area contributed by atoms with Gasteiger partial charge in [0.2, 0.25) is 0 Å². The second-order valence-corrected chi connectivity index (χ2v) is 3.99. The van der Waals surface area contributed by atoms with Crippen LogP contribution in [0.2, 0.25) is 0 Å². The van der Waals surface area contributed by atoms with E-state index in [-0.39, 0.29) is 19.1 Å². The number of rotatable bonds is 7. The van der Waals surface area contributed by atoms with Gasteiger partial charge in [0.15, 0.2) is 5.88 Å². The highest BCUT2D eigenvalue weighted by atomic mass is 127. The van der Waals surface area contributed by atoms with Crippen LogP contribution in [0.5, 0.6) is 0 Å². The molecule has 0 aliphatic carbocycles. The van der Waals surface area contributed by atoms with Crippen molar-refractivity contribution >= 4 is 28.5 Å². The molecule has 82 valence electrons. The first-order chi connectivity index (χ1) is 6.74. The van der Waals surface area contributed by atoms with Crippen molar-refractivity contribution in [3.8, 4) is 0 Å². The molecule has 1 atom stereocenters. The number of halogens is 1. The van der Waals surface area contributed by atoms with Crippen LogP contribution >= 0.6 is 28.5 Å². The SMILES string of the molecule is N/C=C(\C=C(/N)OCCO)COPI. The lowest BCUT2D eigenvalue weighted by molar-refractivity contribution is 0.143. The molecule has 5 N–H and O–H groups in total. The molecule has 14 heavy (non-hydrogen) atoms. The average Bonchev–Trinajstić information content (AvgIpc) is 2.21. The summed E-state index contributed by atoms with van der Waals surface area (Å²) < 4.78 is 10.1. The standard InChI is InChI=1S/C7H14IN2O3P/c8-14-13-5-6(4-9)3-7(10)12-2-1-11/h3-4,11,14H,1-2,5,9-10H2/b6-4+,7-3+. The molecule has 0 fully saturated rings. The van der Waals surface area contributed by atoms with E-state index in [0.717, 1.165) is 5.57 Å². The zero-order valence-electron chi connectivity index (χ0n) is 7.57. The Kier molecular flexibility index (Phi) is 9.49. The van der Waals surface area contributed by atoms with Crippen LogP contribution < -0.4 is 11.5 Å². The summed E-state index contributed by atoms with van der Waals surface area (Å²) in [5, 5.41) is 8.48. The fourth-order valence-electron chi connectivity index (χ4n) is 0.636. The maximum atomic E-state index is 8.48. The van der Waals surface area contributed by atoms with Crippen LogP contribution in [0, 0.1) is 0 Å². The highest BCUT2D eigenvalue weighted by Gasteiger charge is 1.96. The smallest absolute Gasteiger partial charge is 0.184 e. The zero-order valence-corrected chi connectivity index (χ0v) is 10.7. The second kappa shape index (κ2) is 9.51. The molecule has 0 radical (unpaired) electrons. The number of aliphatic hydroxyl groups is 1. The van der Waals surface area contributed by atoms with Crippen molar-refractivity contribution in [2.45, 2.75) is 0 Å². The molecule has 0 spiro atoms. The maximum Gasteiger partial charge on any atom is 0.184 e. The Morgan fingerprint density at radius 2 is 2.29 bits per heavy atom. The van der Waals surface area contributed by atoms with Crippen LogP contribution in [0.3, 0.4) is 0 Å². The predicted molar refractivity (Wildman–Crippen MR) is 65.9 cm³/mol. The van der Waals surface area contributed by atoms with Gasteiger partial charge in [-0.25, -0.2) is 0 Å². The first-order valence-corrected chi connectivity index (χ1v) is 7.85. The van der Waals surface area contributed by atoms with Crippen molar-refractivity contribution in [1.82, 2.24) is 0 Å². The zero-order chi connectivity index (χ0) is 10.8. The van der Waals surface area contributed by atoms with E-state index < -0.39 is 0 Å². The van der Waals surface area contributed by atoms with E-state index in [1.807, 2.05) is 0 Å². The average molecular weight is 332 g/mol. The van der Waals surface area contributed by atoms with E-state index in [2.05, 4.69) is 22.0 Å². The van der Waals surface area contributed by atoms with Crippen molar-refractivity contribution in [2.75, 3.05) is 19.8 Å². The molecule has 0 aromatic heterocycles. The van der Waals surface area contributed by atoms with Crippen LogP contribution in [-0.4, -0.2) is 24.9 Å². The molecule has 0 aromatic rings. The largest absolute Gasteiger partial charge is 0.477 e. The van der Waals surface area contributed by atoms with Gasteiger partial charge in [-0.2, -0.15) is 0 Å². The first kappa shape index (κ1) is 14.0. The Balaban J connectivity index is 4.00. The molecular weight excluding hydrogens is 318 g/mol. The van der Waals surface area contributed by atoms with Crippen LogP contribution in [0.4, 0.5) is 0 Å². The fraction of sp³-hybridized carbons (Fsp3) is 0.429. The molecule has 1 unspecified atom stereocenters. The van der Waals surface area contributed by atoms with Gasteiger partial charge in [-0.05, 0) is 33.8 Å². The van der Waals surface area contributed by atoms with E-state index in [9.17, 15) is 0 Å². The Bertz CT molecular complexity index is 211. The van der Waals surface area contributed by atoms with E-state index in [0.29, 0.717) is 13.1 Å². The molecule has 0 heterocycles. The molecule has 0 saturated carbocycles. The summed E-state index contributed by atoms with van der Waals surface area (Å²) in [6.07, 6.45) is 2.98. The van der Waals surface area contributed by atoms with Gasteiger partial charge in [-0.3, -0.25) is 0 Å². The number of ether oxygens (including phenoxy) is 1. The highest BCUT2D eigenvalue weighted by Crippen LogP contribution is 2.22. The summed E-state index contributed by atoms with van der Waals surface area (Å²) in [5.74, 6) is 0.219. The Morgan fingerprint density at radius 3 is 2.79 bits per heavy atom. The molecule has 0 saturated heterocycles. The van der Waals surface area contributed by atoms with Gasteiger partial charge in [0, 0.05) is 6.08 Å². The molecule has 0 amide bonds. The summed E-state index contributed by atoms with van der Waals surface area (Å²) in [5.41, 5.74) is 11.6. The summed E-state index contributed by atoms with van der Waals surface area (Å²) in [4.78, 5) is 0. The lowest BCUT2D eigenvalue weighted by atomic mass is 10.3. The third-order valence-corrected chi connectivity index (χ3v) is 2.38. The highest BCUT2D eigenvalue weighted by molar-refractivity contribution is 14.2. The Morgan fingerprint density at radius 1 is 1.57 bits per heavy atom. The summed E-state index contributed by atoms with van der Waals surface area (Å²) in [6, 6.07) is 0. The Hall–Kier alpha value is -0.0400. The van der Waals surface area contributed by atoms with Gasteiger partial charge < -0.3 is 25.8 Å². The number of aliphatic hydroxyl groups excluding tert-OH is 1. The first-order valence-electron chi connectivity index (χ1n) is 3.83. The minimum atomic E-state index is -0.0676. The van der Waals surface area contributed by atoms with Crippen LogP contribution in [-0.2, 0) is 9.26 Å². The van der Waals surface area contributed by atoms with Crippen LogP contribution in [0.15, 0.2) is 23.7 Å². The van der Waals surface area contributed by atoms with Crippen molar-refractivity contribution in [3.63, 3.8) is 0 Å². The van der Waals surface area contributed by atoms with Gasteiger partial charge in [-0.15, -0.1) is 0 Å². The van der Waals surface area contributed by atoms with Gasteiger partial charge in [0.25, 0.3) is 0 Å². The van der Waals surface area contributed by atoms with E-state index in [1.165, 1.54) is 6.20 Å². The maximum absolute atomic E-state index is 8.48. The van der Waals surface area contributed by atoms with Gasteiger partial charge in [0.05, 0.1) is 19.7 Å². The molecule has 5 nitrogen and oxygen atoms in total. The fourth-order valence-corrected chi connectivity index (χ4v) is 1.32. The minimum Gasteiger partial charge on any atom is -0.477 e. The molecule has 0 aliphatic rings. The predicted octanol–water partition coefficient (Wildman–Crippen LogP) is 0.598.